The molecule has 96 valence electrons. The van der Waals surface area contributed by atoms with Gasteiger partial charge in [-0.2, -0.15) is 0 Å². The second kappa shape index (κ2) is 5.78. The fourth-order valence-corrected chi connectivity index (χ4v) is 2.01. The summed E-state index contributed by atoms with van der Waals surface area (Å²) >= 11 is 0. The average molecular weight is 247 g/mol. The molecule has 2 N–H and O–H groups in total. The third-order valence-electron chi connectivity index (χ3n) is 2.96. The van der Waals surface area contributed by atoms with Crippen molar-refractivity contribution in [3.8, 4) is 0 Å². The smallest absolute Gasteiger partial charge is 0.126 e. The lowest BCUT2D eigenvalue weighted by molar-refractivity contribution is 0.601. The van der Waals surface area contributed by atoms with Crippen molar-refractivity contribution in [2.45, 2.75) is 32.9 Å². The van der Waals surface area contributed by atoms with Crippen molar-refractivity contribution < 1.29 is 4.39 Å². The molecule has 1 aromatic heterocycles. The minimum absolute atomic E-state index is 0.196. The molecule has 0 saturated heterocycles. The predicted octanol–water partition coefficient (Wildman–Crippen LogP) is 2.48. The highest BCUT2D eigenvalue weighted by Crippen LogP contribution is 2.15. The van der Waals surface area contributed by atoms with Crippen molar-refractivity contribution in [2.24, 2.45) is 5.73 Å². The normalized spacial score (nSPS) is 10.8. The van der Waals surface area contributed by atoms with Crippen molar-refractivity contribution in [3.05, 3.63) is 53.4 Å². The lowest BCUT2D eigenvalue weighted by Gasteiger charge is -2.08. The van der Waals surface area contributed by atoms with Gasteiger partial charge >= 0.3 is 0 Å². The van der Waals surface area contributed by atoms with Crippen LogP contribution >= 0.6 is 0 Å². The van der Waals surface area contributed by atoms with Gasteiger partial charge in [-0.15, -0.1) is 0 Å². The van der Waals surface area contributed by atoms with E-state index in [1.165, 1.54) is 6.07 Å². The second-order valence-electron chi connectivity index (χ2n) is 4.34. The maximum atomic E-state index is 13.7. The van der Waals surface area contributed by atoms with E-state index in [1.54, 1.807) is 12.3 Å². The molecule has 18 heavy (non-hydrogen) atoms. The molecule has 0 amide bonds. The molecular weight excluding hydrogens is 229 g/mol. The number of aryl methyl sites for hydroxylation is 1. The highest BCUT2D eigenvalue weighted by atomic mass is 19.1. The molecule has 1 aromatic carbocycles. The number of hydrogen-bond acceptors (Lipinski definition) is 2. The number of halogens is 1. The van der Waals surface area contributed by atoms with Crippen LogP contribution in [0.1, 0.15) is 30.3 Å². The number of aromatic nitrogens is 2. The zero-order valence-corrected chi connectivity index (χ0v) is 10.6. The second-order valence-corrected chi connectivity index (χ2v) is 4.34. The summed E-state index contributed by atoms with van der Waals surface area (Å²) in [6.45, 7) is 3.45. The Bertz CT molecular complexity index is 520. The van der Waals surface area contributed by atoms with Crippen LogP contribution in [-0.2, 0) is 19.5 Å². The van der Waals surface area contributed by atoms with E-state index in [0.29, 0.717) is 18.5 Å². The van der Waals surface area contributed by atoms with Crippen LogP contribution in [0.3, 0.4) is 0 Å². The first-order valence-electron chi connectivity index (χ1n) is 6.22. The molecule has 0 atom stereocenters. The Kier molecular flexibility index (Phi) is 4.10. The molecule has 0 aliphatic heterocycles. The fourth-order valence-electron chi connectivity index (χ4n) is 2.01. The number of hydrogen-bond donors (Lipinski definition) is 1. The number of nitrogens with zero attached hydrogens (tertiary/aromatic N) is 2. The van der Waals surface area contributed by atoms with Gasteiger partial charge in [-0.1, -0.05) is 19.1 Å². The summed E-state index contributed by atoms with van der Waals surface area (Å²) in [5.41, 5.74) is 7.18. The van der Waals surface area contributed by atoms with Gasteiger partial charge < -0.3 is 10.3 Å². The third kappa shape index (κ3) is 2.76. The Morgan fingerprint density at radius 1 is 1.39 bits per heavy atom. The van der Waals surface area contributed by atoms with Crippen LogP contribution in [0.15, 0.2) is 30.6 Å². The van der Waals surface area contributed by atoms with Gasteiger partial charge in [0.25, 0.3) is 0 Å². The summed E-state index contributed by atoms with van der Waals surface area (Å²) in [6.07, 6.45) is 5.24. The van der Waals surface area contributed by atoms with Crippen LogP contribution in [0.5, 0.6) is 0 Å². The first-order chi connectivity index (χ1) is 8.74. The Morgan fingerprint density at radius 2 is 2.22 bits per heavy atom. The molecule has 0 saturated carbocycles. The molecule has 0 bridgehead atoms. The zero-order chi connectivity index (χ0) is 13.0. The molecule has 2 aromatic rings. The SMILES string of the molecule is CCCn1ccnc1Cc1cc(CN)ccc1F. The summed E-state index contributed by atoms with van der Waals surface area (Å²) in [6, 6.07) is 5.02. The van der Waals surface area contributed by atoms with Crippen LogP contribution in [0.25, 0.3) is 0 Å². The van der Waals surface area contributed by atoms with Gasteiger partial charge in [0.2, 0.25) is 0 Å². The van der Waals surface area contributed by atoms with Crippen molar-refractivity contribution in [3.63, 3.8) is 0 Å². The topological polar surface area (TPSA) is 43.8 Å². The van der Waals surface area contributed by atoms with Crippen LogP contribution in [0.4, 0.5) is 4.39 Å². The van der Waals surface area contributed by atoms with E-state index in [4.69, 9.17) is 5.73 Å². The molecule has 0 radical (unpaired) electrons. The lowest BCUT2D eigenvalue weighted by atomic mass is 10.1. The molecule has 4 heteroatoms. The van der Waals surface area contributed by atoms with Crippen molar-refractivity contribution in [1.82, 2.24) is 9.55 Å². The molecule has 0 spiro atoms. The summed E-state index contributed by atoms with van der Waals surface area (Å²) in [5.74, 6) is 0.697. The van der Waals surface area contributed by atoms with Gasteiger partial charge in [0.15, 0.2) is 0 Å². The molecule has 2 rings (SSSR count). The van der Waals surface area contributed by atoms with E-state index in [1.807, 2.05) is 12.3 Å². The monoisotopic (exact) mass is 247 g/mol. The molecule has 0 aliphatic carbocycles. The summed E-state index contributed by atoms with van der Waals surface area (Å²) < 4.78 is 15.8. The van der Waals surface area contributed by atoms with Crippen molar-refractivity contribution in [1.29, 1.82) is 0 Å². The number of nitrogens with two attached hydrogens (primary N) is 1. The third-order valence-corrected chi connectivity index (χ3v) is 2.96. The van der Waals surface area contributed by atoms with Gasteiger partial charge in [0, 0.05) is 31.9 Å². The quantitative estimate of drug-likeness (QED) is 0.882. The van der Waals surface area contributed by atoms with Crippen LogP contribution < -0.4 is 5.73 Å². The van der Waals surface area contributed by atoms with Crippen LogP contribution in [0, 0.1) is 5.82 Å². The highest BCUT2D eigenvalue weighted by molar-refractivity contribution is 5.27. The maximum Gasteiger partial charge on any atom is 0.126 e. The largest absolute Gasteiger partial charge is 0.335 e. The van der Waals surface area contributed by atoms with Crippen LogP contribution in [0.2, 0.25) is 0 Å². The van der Waals surface area contributed by atoms with E-state index in [9.17, 15) is 4.39 Å². The first kappa shape index (κ1) is 12.8. The summed E-state index contributed by atoms with van der Waals surface area (Å²) in [4.78, 5) is 4.29. The van der Waals surface area contributed by atoms with Gasteiger partial charge in [-0.05, 0) is 23.6 Å². The van der Waals surface area contributed by atoms with Crippen molar-refractivity contribution >= 4 is 0 Å². The van der Waals surface area contributed by atoms with Gasteiger partial charge in [-0.25, -0.2) is 9.37 Å². The van der Waals surface area contributed by atoms with Crippen LogP contribution in [-0.4, -0.2) is 9.55 Å². The number of benzene rings is 1. The average Bonchev–Trinajstić information content (AvgIpc) is 2.80. The number of rotatable bonds is 5. The van der Waals surface area contributed by atoms with E-state index in [-0.39, 0.29) is 5.82 Å². The van der Waals surface area contributed by atoms with E-state index >= 15 is 0 Å². The zero-order valence-electron chi connectivity index (χ0n) is 10.6. The highest BCUT2D eigenvalue weighted by Gasteiger charge is 2.08. The standard InChI is InChI=1S/C14H18FN3/c1-2-6-18-7-5-17-14(18)9-12-8-11(10-16)3-4-13(12)15/h3-5,7-8H,2,6,9-10,16H2,1H3. The fraction of sp³-hybridized carbons (Fsp3) is 0.357. The van der Waals surface area contributed by atoms with Crippen molar-refractivity contribution in [2.75, 3.05) is 0 Å². The van der Waals surface area contributed by atoms with E-state index < -0.39 is 0 Å². The molecule has 0 unspecified atom stereocenters. The summed E-state index contributed by atoms with van der Waals surface area (Å²) in [7, 11) is 0. The molecule has 0 aliphatic rings. The summed E-state index contributed by atoms with van der Waals surface area (Å²) in [5, 5.41) is 0. The Morgan fingerprint density at radius 3 is 2.94 bits per heavy atom. The Labute approximate surface area is 106 Å². The number of imidazole rings is 1. The van der Waals surface area contributed by atoms with Gasteiger partial charge in [0.1, 0.15) is 11.6 Å². The van der Waals surface area contributed by atoms with Gasteiger partial charge in [0.05, 0.1) is 0 Å². The lowest BCUT2D eigenvalue weighted by Crippen LogP contribution is -2.06. The predicted molar refractivity (Wildman–Crippen MR) is 69.6 cm³/mol. The van der Waals surface area contributed by atoms with Gasteiger partial charge in [-0.3, -0.25) is 0 Å². The Balaban J connectivity index is 2.24. The Hall–Kier alpha value is -1.68. The molecule has 1 heterocycles. The van der Waals surface area contributed by atoms with E-state index in [2.05, 4.69) is 16.5 Å². The maximum absolute atomic E-state index is 13.7. The van der Waals surface area contributed by atoms with E-state index in [0.717, 1.165) is 24.4 Å². The minimum atomic E-state index is -0.196. The molecule has 0 fully saturated rings. The minimum Gasteiger partial charge on any atom is -0.335 e. The first-order valence-corrected chi connectivity index (χ1v) is 6.22. The molecular formula is C14H18FN3. The molecule has 3 nitrogen and oxygen atoms in total.